The summed E-state index contributed by atoms with van der Waals surface area (Å²) in [7, 11) is 1.33. The summed E-state index contributed by atoms with van der Waals surface area (Å²) in [6, 6.07) is 3.83. The van der Waals surface area contributed by atoms with Crippen LogP contribution in [0, 0.1) is 0 Å². The van der Waals surface area contributed by atoms with Crippen LogP contribution in [0.4, 0.5) is 5.82 Å². The highest BCUT2D eigenvalue weighted by molar-refractivity contribution is 5.86. The summed E-state index contributed by atoms with van der Waals surface area (Å²) in [6.45, 7) is 5.52. The van der Waals surface area contributed by atoms with E-state index in [1.54, 1.807) is 12.1 Å². The molecule has 6 heteroatoms. The zero-order valence-electron chi connectivity index (χ0n) is 11.4. The molecule has 1 aliphatic heterocycles. The molecular weight excluding hydrogens is 244 g/mol. The normalized spacial score (nSPS) is 17.2. The van der Waals surface area contributed by atoms with Crippen LogP contribution in [0.3, 0.4) is 0 Å². The molecule has 1 aromatic rings. The first-order valence-electron chi connectivity index (χ1n) is 6.64. The molecule has 104 valence electrons. The van der Waals surface area contributed by atoms with Crippen LogP contribution in [0.1, 0.15) is 30.3 Å². The van der Waals surface area contributed by atoms with Crippen molar-refractivity contribution in [3.05, 3.63) is 17.8 Å². The number of carbonyl (C=O) groups excluding carboxylic acids is 1. The summed E-state index contributed by atoms with van der Waals surface area (Å²) < 4.78 is 4.58. The lowest BCUT2D eigenvalue weighted by molar-refractivity contribution is 0.0593. The van der Waals surface area contributed by atoms with Gasteiger partial charge in [-0.05, 0) is 31.5 Å². The lowest BCUT2D eigenvalue weighted by atomic mass is 10.1. The Kier molecular flexibility index (Phi) is 4.68. The van der Waals surface area contributed by atoms with Crippen molar-refractivity contribution in [2.45, 2.75) is 25.8 Å². The summed E-state index contributed by atoms with van der Waals surface area (Å²) >= 11 is 0. The molecule has 0 aromatic carbocycles. The molecule has 0 saturated carbocycles. The minimum atomic E-state index is -0.463. The molecule has 0 amide bonds. The topological polar surface area (TPSA) is 67.4 Å². The van der Waals surface area contributed by atoms with Gasteiger partial charge in [0.2, 0.25) is 0 Å². The molecule has 1 aliphatic rings. The predicted molar refractivity (Wildman–Crippen MR) is 72.1 cm³/mol. The van der Waals surface area contributed by atoms with Crippen LogP contribution in [0.2, 0.25) is 0 Å². The number of hydrogen-bond acceptors (Lipinski definition) is 6. The fraction of sp³-hybridized carbons (Fsp3) is 0.615. The van der Waals surface area contributed by atoms with Crippen molar-refractivity contribution in [3.63, 3.8) is 0 Å². The minimum absolute atomic E-state index is 0.230. The van der Waals surface area contributed by atoms with Crippen LogP contribution < -0.4 is 5.32 Å². The van der Waals surface area contributed by atoms with Crippen molar-refractivity contribution in [2.24, 2.45) is 0 Å². The average Bonchev–Trinajstić information content (AvgIpc) is 2.48. The first-order chi connectivity index (χ1) is 9.22. The van der Waals surface area contributed by atoms with Crippen LogP contribution in [0.5, 0.6) is 0 Å². The van der Waals surface area contributed by atoms with Crippen LogP contribution in [0.15, 0.2) is 12.1 Å². The van der Waals surface area contributed by atoms with E-state index in [2.05, 4.69) is 32.1 Å². The third-order valence-electron chi connectivity index (χ3n) is 3.45. The molecule has 0 aliphatic carbocycles. The highest BCUT2D eigenvalue weighted by atomic mass is 16.5. The Balaban J connectivity index is 1.88. The molecule has 1 aromatic heterocycles. The van der Waals surface area contributed by atoms with E-state index in [-0.39, 0.29) is 5.69 Å². The van der Waals surface area contributed by atoms with Gasteiger partial charge in [0, 0.05) is 19.1 Å². The summed E-state index contributed by atoms with van der Waals surface area (Å²) in [6.07, 6.45) is 2.21. The number of ether oxygens (including phenoxy) is 1. The maximum absolute atomic E-state index is 11.2. The summed E-state index contributed by atoms with van der Waals surface area (Å²) in [5.74, 6) is 0.248. The number of nitrogens with zero attached hydrogens (tertiary/aromatic N) is 3. The van der Waals surface area contributed by atoms with E-state index in [1.807, 2.05) is 0 Å². The van der Waals surface area contributed by atoms with Crippen LogP contribution in [-0.2, 0) is 4.74 Å². The number of anilines is 1. The van der Waals surface area contributed by atoms with Gasteiger partial charge >= 0.3 is 5.97 Å². The van der Waals surface area contributed by atoms with E-state index < -0.39 is 5.97 Å². The van der Waals surface area contributed by atoms with Gasteiger partial charge in [0.25, 0.3) is 0 Å². The van der Waals surface area contributed by atoms with Crippen molar-refractivity contribution in [1.29, 1.82) is 0 Å². The fourth-order valence-electron chi connectivity index (χ4n) is 2.23. The number of aromatic nitrogens is 2. The Bertz CT molecular complexity index is 413. The number of piperidine rings is 1. The van der Waals surface area contributed by atoms with Crippen molar-refractivity contribution in [2.75, 3.05) is 32.1 Å². The molecule has 1 N–H and O–H groups in total. The van der Waals surface area contributed by atoms with Crippen molar-refractivity contribution in [1.82, 2.24) is 15.1 Å². The first kappa shape index (κ1) is 13.7. The highest BCUT2D eigenvalue weighted by Crippen LogP contribution is 2.14. The summed E-state index contributed by atoms with van der Waals surface area (Å²) in [5.41, 5.74) is 0.230. The molecule has 0 radical (unpaired) electrons. The number of methoxy groups -OCH3 is 1. The summed E-state index contributed by atoms with van der Waals surface area (Å²) in [4.78, 5) is 13.7. The molecule has 0 spiro atoms. The largest absolute Gasteiger partial charge is 0.464 e. The maximum Gasteiger partial charge on any atom is 0.358 e. The third-order valence-corrected chi connectivity index (χ3v) is 3.45. The molecule has 2 rings (SSSR count). The lowest BCUT2D eigenvalue weighted by Crippen LogP contribution is -2.39. The van der Waals surface area contributed by atoms with Crippen LogP contribution >= 0.6 is 0 Å². The Labute approximate surface area is 113 Å². The molecule has 0 bridgehead atoms. The number of esters is 1. The van der Waals surface area contributed by atoms with Crippen LogP contribution in [0.25, 0.3) is 0 Å². The molecule has 19 heavy (non-hydrogen) atoms. The third kappa shape index (κ3) is 3.64. The highest BCUT2D eigenvalue weighted by Gasteiger charge is 2.18. The maximum atomic E-state index is 11.2. The van der Waals surface area contributed by atoms with Gasteiger partial charge in [-0.3, -0.25) is 0 Å². The Morgan fingerprint density at radius 2 is 2.16 bits per heavy atom. The van der Waals surface area contributed by atoms with E-state index in [9.17, 15) is 4.79 Å². The zero-order chi connectivity index (χ0) is 13.7. The van der Waals surface area contributed by atoms with E-state index in [4.69, 9.17) is 0 Å². The second-order valence-corrected chi connectivity index (χ2v) is 4.65. The average molecular weight is 264 g/mol. The smallest absolute Gasteiger partial charge is 0.358 e. The van der Waals surface area contributed by atoms with Gasteiger partial charge in [0.15, 0.2) is 5.69 Å². The number of hydrogen-bond donors (Lipinski definition) is 1. The zero-order valence-corrected chi connectivity index (χ0v) is 11.4. The first-order valence-corrected chi connectivity index (χ1v) is 6.64. The number of likely N-dealkylation sites (tertiary alicyclic amines) is 1. The standard InChI is InChI=1S/C13H20N4O2/c1-3-17-8-6-10(7-9-17)14-12-5-4-11(15-16-12)13(18)19-2/h4-5,10H,3,6-9H2,1-2H3,(H,14,16). The molecule has 0 atom stereocenters. The van der Waals surface area contributed by atoms with Gasteiger partial charge in [0.05, 0.1) is 7.11 Å². The number of nitrogens with one attached hydrogen (secondary N) is 1. The summed E-state index contributed by atoms with van der Waals surface area (Å²) in [5, 5.41) is 11.2. The van der Waals surface area contributed by atoms with E-state index in [0.29, 0.717) is 11.9 Å². The van der Waals surface area contributed by atoms with Crippen molar-refractivity contribution in [3.8, 4) is 0 Å². The van der Waals surface area contributed by atoms with Crippen LogP contribution in [-0.4, -0.2) is 53.9 Å². The molecule has 1 fully saturated rings. The van der Waals surface area contributed by atoms with E-state index >= 15 is 0 Å². The molecular formula is C13H20N4O2. The van der Waals surface area contributed by atoms with E-state index in [0.717, 1.165) is 32.5 Å². The Morgan fingerprint density at radius 1 is 1.42 bits per heavy atom. The lowest BCUT2D eigenvalue weighted by Gasteiger charge is -2.31. The monoisotopic (exact) mass is 264 g/mol. The Hall–Kier alpha value is -1.69. The fourth-order valence-corrected chi connectivity index (χ4v) is 2.23. The van der Waals surface area contributed by atoms with E-state index in [1.165, 1.54) is 7.11 Å². The van der Waals surface area contributed by atoms with Crippen molar-refractivity contribution >= 4 is 11.8 Å². The predicted octanol–water partition coefficient (Wildman–Crippen LogP) is 1.16. The molecule has 1 saturated heterocycles. The SMILES string of the molecule is CCN1CCC(Nc2ccc(C(=O)OC)nn2)CC1. The van der Waals surface area contributed by atoms with Gasteiger partial charge in [-0.25, -0.2) is 4.79 Å². The van der Waals surface area contributed by atoms with Gasteiger partial charge < -0.3 is 15.0 Å². The van der Waals surface area contributed by atoms with Gasteiger partial charge in [-0.2, -0.15) is 0 Å². The van der Waals surface area contributed by atoms with Gasteiger partial charge in [-0.1, -0.05) is 6.92 Å². The van der Waals surface area contributed by atoms with Crippen molar-refractivity contribution < 1.29 is 9.53 Å². The minimum Gasteiger partial charge on any atom is -0.464 e. The quantitative estimate of drug-likeness (QED) is 0.823. The molecule has 0 unspecified atom stereocenters. The second kappa shape index (κ2) is 6.47. The molecule has 6 nitrogen and oxygen atoms in total. The number of carbonyl (C=O) groups is 1. The van der Waals surface area contributed by atoms with Gasteiger partial charge in [-0.15, -0.1) is 10.2 Å². The number of rotatable bonds is 4. The second-order valence-electron chi connectivity index (χ2n) is 4.65. The Morgan fingerprint density at radius 3 is 2.68 bits per heavy atom. The van der Waals surface area contributed by atoms with Gasteiger partial charge in [0.1, 0.15) is 5.82 Å². The molecule has 2 heterocycles.